The maximum Gasteiger partial charge on any atom is 0.256 e. The molecule has 0 bridgehead atoms. The minimum absolute atomic E-state index is 0.0913. The largest absolute Gasteiger partial charge is 0.496 e. The zero-order valence-electron chi connectivity index (χ0n) is 12.2. The van der Waals surface area contributed by atoms with Gasteiger partial charge in [0.25, 0.3) is 5.89 Å². The normalized spacial score (nSPS) is 21.7. The van der Waals surface area contributed by atoms with E-state index in [2.05, 4.69) is 10.1 Å². The van der Waals surface area contributed by atoms with Crippen LogP contribution in [0.2, 0.25) is 0 Å². The zero-order valence-corrected chi connectivity index (χ0v) is 12.2. The molecule has 2 N–H and O–H groups in total. The highest BCUT2D eigenvalue weighted by atomic mass is 16.5. The van der Waals surface area contributed by atoms with Gasteiger partial charge in [-0.1, -0.05) is 5.16 Å². The highest BCUT2D eigenvalue weighted by Crippen LogP contribution is 2.32. The Balaban J connectivity index is 1.80. The number of benzene rings is 1. The molecular weight excluding hydrogens is 270 g/mol. The van der Waals surface area contributed by atoms with Crippen molar-refractivity contribution in [1.82, 2.24) is 10.1 Å². The van der Waals surface area contributed by atoms with Gasteiger partial charge in [-0.05, 0) is 43.5 Å². The van der Waals surface area contributed by atoms with Gasteiger partial charge in [0.2, 0.25) is 5.82 Å². The molecule has 0 amide bonds. The molecule has 1 aliphatic heterocycles. The molecule has 6 heteroatoms. The van der Waals surface area contributed by atoms with E-state index in [4.69, 9.17) is 19.7 Å². The second-order valence-corrected chi connectivity index (χ2v) is 5.20. The summed E-state index contributed by atoms with van der Waals surface area (Å²) >= 11 is 0. The molecule has 0 radical (unpaired) electrons. The van der Waals surface area contributed by atoms with Gasteiger partial charge < -0.3 is 19.7 Å². The van der Waals surface area contributed by atoms with Crippen LogP contribution in [0.15, 0.2) is 22.7 Å². The number of hydrogen-bond donors (Lipinski definition) is 1. The van der Waals surface area contributed by atoms with Crippen molar-refractivity contribution in [1.29, 1.82) is 0 Å². The molecule has 2 atom stereocenters. The topological polar surface area (TPSA) is 83.4 Å². The van der Waals surface area contributed by atoms with Gasteiger partial charge in [-0.3, -0.25) is 0 Å². The molecular formula is C15H19N3O3. The Morgan fingerprint density at radius 3 is 2.90 bits per heavy atom. The zero-order chi connectivity index (χ0) is 14.8. The van der Waals surface area contributed by atoms with Crippen LogP contribution in [0.5, 0.6) is 5.75 Å². The van der Waals surface area contributed by atoms with Crippen molar-refractivity contribution in [3.63, 3.8) is 0 Å². The molecule has 2 unspecified atom stereocenters. The van der Waals surface area contributed by atoms with E-state index >= 15 is 0 Å². The van der Waals surface area contributed by atoms with Gasteiger partial charge in [0.1, 0.15) is 11.9 Å². The predicted octanol–water partition coefficient (Wildman–Crippen LogP) is 2.23. The first-order valence-electron chi connectivity index (χ1n) is 7.05. The average molecular weight is 289 g/mol. The summed E-state index contributed by atoms with van der Waals surface area (Å²) in [5, 5.41) is 4.04. The second kappa shape index (κ2) is 5.83. The van der Waals surface area contributed by atoms with Crippen molar-refractivity contribution in [2.45, 2.75) is 32.0 Å². The maximum atomic E-state index is 5.76. The highest BCUT2D eigenvalue weighted by molar-refractivity contribution is 5.58. The Bertz CT molecular complexity index is 626. The minimum atomic E-state index is -0.140. The van der Waals surface area contributed by atoms with Gasteiger partial charge in [0.15, 0.2) is 0 Å². The van der Waals surface area contributed by atoms with Gasteiger partial charge in [-0.25, -0.2) is 0 Å². The van der Waals surface area contributed by atoms with E-state index in [-0.39, 0.29) is 12.2 Å². The third-order valence-electron chi connectivity index (χ3n) is 3.74. The second-order valence-electron chi connectivity index (χ2n) is 5.20. The lowest BCUT2D eigenvalue weighted by atomic mass is 10.1. The number of nitrogens with two attached hydrogens (primary N) is 1. The minimum Gasteiger partial charge on any atom is -0.496 e. The fourth-order valence-corrected chi connectivity index (χ4v) is 2.56. The van der Waals surface area contributed by atoms with Gasteiger partial charge in [-0.15, -0.1) is 0 Å². The summed E-state index contributed by atoms with van der Waals surface area (Å²) < 4.78 is 16.3. The quantitative estimate of drug-likeness (QED) is 0.929. The van der Waals surface area contributed by atoms with E-state index in [1.807, 2.05) is 25.1 Å². The number of ether oxygens (including phenoxy) is 2. The van der Waals surface area contributed by atoms with Crippen molar-refractivity contribution in [2.75, 3.05) is 13.7 Å². The van der Waals surface area contributed by atoms with Crippen LogP contribution in [0.3, 0.4) is 0 Å². The summed E-state index contributed by atoms with van der Waals surface area (Å²) in [6.45, 7) is 2.50. The lowest BCUT2D eigenvalue weighted by Crippen LogP contribution is -2.18. The summed E-state index contributed by atoms with van der Waals surface area (Å²) in [6, 6.07) is 5.79. The van der Waals surface area contributed by atoms with Crippen molar-refractivity contribution in [3.8, 4) is 17.1 Å². The molecule has 21 heavy (non-hydrogen) atoms. The van der Waals surface area contributed by atoms with E-state index in [1.165, 1.54) is 0 Å². The molecule has 1 aromatic carbocycles. The van der Waals surface area contributed by atoms with Crippen LogP contribution in [-0.2, 0) is 4.74 Å². The summed E-state index contributed by atoms with van der Waals surface area (Å²) in [5.41, 5.74) is 7.54. The van der Waals surface area contributed by atoms with Crippen molar-refractivity contribution < 1.29 is 14.0 Å². The van der Waals surface area contributed by atoms with E-state index in [0.29, 0.717) is 18.3 Å². The molecule has 112 valence electrons. The predicted molar refractivity (Wildman–Crippen MR) is 76.9 cm³/mol. The Morgan fingerprint density at radius 1 is 1.38 bits per heavy atom. The third kappa shape index (κ3) is 2.77. The number of rotatable bonds is 4. The molecule has 2 heterocycles. The molecule has 0 aliphatic carbocycles. The molecule has 2 aromatic rings. The monoisotopic (exact) mass is 289 g/mol. The average Bonchev–Trinajstić information content (AvgIpc) is 3.15. The first-order valence-corrected chi connectivity index (χ1v) is 7.05. The Labute approximate surface area is 123 Å². The first-order chi connectivity index (χ1) is 10.2. The maximum absolute atomic E-state index is 5.76. The summed E-state index contributed by atoms with van der Waals surface area (Å²) in [7, 11) is 1.65. The Hall–Kier alpha value is -1.92. The molecule has 1 saturated heterocycles. The van der Waals surface area contributed by atoms with E-state index in [1.54, 1.807) is 7.11 Å². The fourth-order valence-electron chi connectivity index (χ4n) is 2.56. The van der Waals surface area contributed by atoms with E-state index < -0.39 is 0 Å². The number of nitrogens with zero attached hydrogens (tertiary/aromatic N) is 2. The van der Waals surface area contributed by atoms with Crippen LogP contribution < -0.4 is 10.5 Å². The standard InChI is InChI=1S/C15H19N3O3/c1-9-7-10(3-5-12(9)19-2)14-17-15(21-18-14)13-6-4-11(8-16)20-13/h3,5,7,11,13H,4,6,8,16H2,1-2H3. The number of hydrogen-bond acceptors (Lipinski definition) is 6. The van der Waals surface area contributed by atoms with Crippen LogP contribution in [0.4, 0.5) is 0 Å². The molecule has 1 aromatic heterocycles. The van der Waals surface area contributed by atoms with Crippen LogP contribution in [-0.4, -0.2) is 29.9 Å². The van der Waals surface area contributed by atoms with Crippen LogP contribution in [0.25, 0.3) is 11.4 Å². The molecule has 1 fully saturated rings. The fraction of sp³-hybridized carbons (Fsp3) is 0.467. The molecule has 3 rings (SSSR count). The molecule has 0 spiro atoms. The van der Waals surface area contributed by atoms with Gasteiger partial charge >= 0.3 is 0 Å². The van der Waals surface area contributed by atoms with Crippen LogP contribution in [0, 0.1) is 6.92 Å². The van der Waals surface area contributed by atoms with Crippen molar-refractivity contribution >= 4 is 0 Å². The SMILES string of the molecule is COc1ccc(-c2noc(C3CCC(CN)O3)n2)cc1C. The van der Waals surface area contributed by atoms with Crippen LogP contribution >= 0.6 is 0 Å². The Kier molecular flexibility index (Phi) is 3.90. The summed E-state index contributed by atoms with van der Waals surface area (Å²) in [6.07, 6.45) is 1.75. The smallest absolute Gasteiger partial charge is 0.256 e. The lowest BCUT2D eigenvalue weighted by Gasteiger charge is -2.07. The van der Waals surface area contributed by atoms with Gasteiger partial charge in [0, 0.05) is 12.1 Å². The molecule has 1 aliphatic rings. The lowest BCUT2D eigenvalue weighted by molar-refractivity contribution is 0.0307. The van der Waals surface area contributed by atoms with Crippen molar-refractivity contribution in [2.24, 2.45) is 5.73 Å². The number of aryl methyl sites for hydroxylation is 1. The van der Waals surface area contributed by atoms with Crippen molar-refractivity contribution in [3.05, 3.63) is 29.7 Å². The van der Waals surface area contributed by atoms with Gasteiger partial charge in [-0.2, -0.15) is 4.98 Å². The third-order valence-corrected chi connectivity index (χ3v) is 3.74. The van der Waals surface area contributed by atoms with E-state index in [9.17, 15) is 0 Å². The summed E-state index contributed by atoms with van der Waals surface area (Å²) in [4.78, 5) is 4.44. The first kappa shape index (κ1) is 14.0. The van der Waals surface area contributed by atoms with E-state index in [0.717, 1.165) is 29.7 Å². The van der Waals surface area contributed by atoms with Gasteiger partial charge in [0.05, 0.1) is 13.2 Å². The molecule has 0 saturated carbocycles. The molecule has 6 nitrogen and oxygen atoms in total. The highest BCUT2D eigenvalue weighted by Gasteiger charge is 2.30. The number of methoxy groups -OCH3 is 1. The van der Waals surface area contributed by atoms with Crippen LogP contribution in [0.1, 0.15) is 30.4 Å². The number of aromatic nitrogens is 2. The Morgan fingerprint density at radius 2 is 2.24 bits per heavy atom. The summed E-state index contributed by atoms with van der Waals surface area (Å²) in [5.74, 6) is 1.93.